The lowest BCUT2D eigenvalue weighted by molar-refractivity contribution is 0.899. The number of rotatable bonds is 3. The third-order valence-electron chi connectivity index (χ3n) is 2.24. The largest absolute Gasteiger partial charge is 0.320 e. The van der Waals surface area contributed by atoms with Gasteiger partial charge in [-0.3, -0.25) is 0 Å². The summed E-state index contributed by atoms with van der Waals surface area (Å²) in [5.41, 5.74) is 7.37. The van der Waals surface area contributed by atoms with E-state index in [9.17, 15) is 0 Å². The van der Waals surface area contributed by atoms with E-state index in [4.69, 9.17) is 5.73 Å². The van der Waals surface area contributed by atoms with Crippen LogP contribution in [-0.4, -0.2) is 0 Å². The second-order valence-corrected chi connectivity index (χ2v) is 5.17. The van der Waals surface area contributed by atoms with E-state index in [0.717, 1.165) is 6.42 Å². The molecule has 0 saturated heterocycles. The number of nitrogens with two attached hydrogens (primary N) is 1. The first-order valence-electron chi connectivity index (χ1n) is 4.67. The molecule has 1 nitrogen and oxygen atoms in total. The fourth-order valence-corrected chi connectivity index (χ4v) is 3.05. The highest BCUT2D eigenvalue weighted by Crippen LogP contribution is 2.27. The van der Waals surface area contributed by atoms with Crippen molar-refractivity contribution in [2.45, 2.75) is 19.4 Å². The van der Waals surface area contributed by atoms with Crippen molar-refractivity contribution in [3.05, 3.63) is 44.3 Å². The van der Waals surface area contributed by atoms with Gasteiger partial charge >= 0.3 is 0 Å². The van der Waals surface area contributed by atoms with Crippen molar-refractivity contribution in [3.63, 3.8) is 0 Å². The Balaban J connectivity index is 2.23. The number of aryl methyl sites for hydroxylation is 1. The van der Waals surface area contributed by atoms with Gasteiger partial charge in [0.05, 0.1) is 6.04 Å². The molecular weight excluding hydrogens is 210 g/mol. The summed E-state index contributed by atoms with van der Waals surface area (Å²) in [5, 5.41) is 4.19. The highest BCUT2D eigenvalue weighted by Gasteiger charge is 2.11. The third-order valence-corrected chi connectivity index (χ3v) is 4.25. The van der Waals surface area contributed by atoms with Gasteiger partial charge in [0.25, 0.3) is 0 Å². The molecule has 2 aromatic rings. The molecule has 2 aromatic heterocycles. The van der Waals surface area contributed by atoms with Crippen LogP contribution in [0.15, 0.2) is 29.0 Å². The van der Waals surface area contributed by atoms with Crippen LogP contribution in [0.25, 0.3) is 0 Å². The monoisotopic (exact) mass is 223 g/mol. The maximum Gasteiger partial charge on any atom is 0.0654 e. The lowest BCUT2D eigenvalue weighted by Crippen LogP contribution is -2.08. The van der Waals surface area contributed by atoms with Gasteiger partial charge in [-0.05, 0) is 40.9 Å². The van der Waals surface area contributed by atoms with E-state index in [1.807, 2.05) is 11.3 Å². The molecule has 0 spiro atoms. The molecule has 0 fully saturated rings. The minimum atomic E-state index is 0.0616. The zero-order valence-corrected chi connectivity index (χ0v) is 9.70. The summed E-state index contributed by atoms with van der Waals surface area (Å²) in [5.74, 6) is 0. The van der Waals surface area contributed by atoms with Gasteiger partial charge in [0.1, 0.15) is 0 Å². The van der Waals surface area contributed by atoms with E-state index in [2.05, 4.69) is 35.9 Å². The van der Waals surface area contributed by atoms with Crippen molar-refractivity contribution in [2.24, 2.45) is 5.73 Å². The first kappa shape index (κ1) is 9.90. The molecule has 0 radical (unpaired) electrons. The maximum atomic E-state index is 6.15. The van der Waals surface area contributed by atoms with Gasteiger partial charge in [0, 0.05) is 9.75 Å². The van der Waals surface area contributed by atoms with Crippen LogP contribution in [0.4, 0.5) is 0 Å². The summed E-state index contributed by atoms with van der Waals surface area (Å²) < 4.78 is 0. The molecule has 0 aromatic carbocycles. The molecule has 0 bridgehead atoms. The fourth-order valence-electron chi connectivity index (χ4n) is 1.37. The second-order valence-electron chi connectivity index (χ2n) is 3.19. The minimum Gasteiger partial charge on any atom is -0.320 e. The summed E-state index contributed by atoms with van der Waals surface area (Å²) in [7, 11) is 0. The molecule has 1 atom stereocenters. The molecule has 0 aliphatic heterocycles. The predicted octanol–water partition coefficient (Wildman–Crippen LogP) is 3.42. The van der Waals surface area contributed by atoms with Crippen LogP contribution >= 0.6 is 22.7 Å². The Labute approximate surface area is 92.2 Å². The zero-order chi connectivity index (χ0) is 9.97. The molecule has 14 heavy (non-hydrogen) atoms. The van der Waals surface area contributed by atoms with Crippen molar-refractivity contribution in [3.8, 4) is 0 Å². The fraction of sp³-hybridized carbons (Fsp3) is 0.273. The van der Waals surface area contributed by atoms with Gasteiger partial charge in [-0.2, -0.15) is 11.3 Å². The Hall–Kier alpha value is -0.640. The van der Waals surface area contributed by atoms with Gasteiger partial charge in [-0.25, -0.2) is 0 Å². The highest BCUT2D eigenvalue weighted by molar-refractivity contribution is 7.12. The van der Waals surface area contributed by atoms with Crippen LogP contribution in [0.2, 0.25) is 0 Å². The van der Waals surface area contributed by atoms with Crippen molar-refractivity contribution < 1.29 is 0 Å². The molecule has 2 rings (SSSR count). The van der Waals surface area contributed by atoms with Crippen molar-refractivity contribution in [1.29, 1.82) is 0 Å². The van der Waals surface area contributed by atoms with Gasteiger partial charge in [0.15, 0.2) is 0 Å². The quantitative estimate of drug-likeness (QED) is 0.847. The van der Waals surface area contributed by atoms with Crippen LogP contribution in [0.5, 0.6) is 0 Å². The zero-order valence-electron chi connectivity index (χ0n) is 8.07. The molecule has 0 aliphatic rings. The SMILES string of the molecule is CCc1ccc([C@@H](N)c2ccsc2)s1. The summed E-state index contributed by atoms with van der Waals surface area (Å²) in [6.45, 7) is 2.17. The average Bonchev–Trinajstić information content (AvgIpc) is 2.88. The Bertz CT molecular complexity index is 389. The van der Waals surface area contributed by atoms with Crippen LogP contribution < -0.4 is 5.73 Å². The molecule has 2 N–H and O–H groups in total. The number of hydrogen-bond acceptors (Lipinski definition) is 3. The van der Waals surface area contributed by atoms with Crippen LogP contribution in [-0.2, 0) is 6.42 Å². The van der Waals surface area contributed by atoms with Gasteiger partial charge in [0.2, 0.25) is 0 Å². The number of thiophene rings is 2. The maximum absolute atomic E-state index is 6.15. The highest BCUT2D eigenvalue weighted by atomic mass is 32.1. The van der Waals surface area contributed by atoms with E-state index >= 15 is 0 Å². The molecule has 0 unspecified atom stereocenters. The van der Waals surface area contributed by atoms with Crippen LogP contribution in [0, 0.1) is 0 Å². The molecule has 74 valence electrons. The molecular formula is C11H13NS2. The van der Waals surface area contributed by atoms with E-state index in [-0.39, 0.29) is 6.04 Å². The molecule has 0 amide bonds. The topological polar surface area (TPSA) is 26.0 Å². The lowest BCUT2D eigenvalue weighted by atomic mass is 10.1. The third kappa shape index (κ3) is 1.90. The molecule has 2 heterocycles. The Morgan fingerprint density at radius 1 is 1.36 bits per heavy atom. The Kier molecular flexibility index (Phi) is 3.01. The molecule has 0 saturated carbocycles. The van der Waals surface area contributed by atoms with E-state index in [1.165, 1.54) is 15.3 Å². The van der Waals surface area contributed by atoms with E-state index < -0.39 is 0 Å². The minimum absolute atomic E-state index is 0.0616. The standard InChI is InChI=1S/C11H13NS2/c1-2-9-3-4-10(14-9)11(12)8-5-6-13-7-8/h3-7,11H,2,12H2,1H3/t11-/m0/s1. The van der Waals surface area contributed by atoms with E-state index in [0.29, 0.717) is 0 Å². The normalized spacial score (nSPS) is 13.0. The van der Waals surface area contributed by atoms with Crippen molar-refractivity contribution >= 4 is 22.7 Å². The predicted molar refractivity (Wildman–Crippen MR) is 64.0 cm³/mol. The van der Waals surface area contributed by atoms with Gasteiger partial charge < -0.3 is 5.73 Å². The summed E-state index contributed by atoms with van der Waals surface area (Å²) in [6, 6.07) is 6.48. The van der Waals surface area contributed by atoms with Crippen LogP contribution in [0.3, 0.4) is 0 Å². The lowest BCUT2D eigenvalue weighted by Gasteiger charge is -2.06. The summed E-state index contributed by atoms with van der Waals surface area (Å²) >= 11 is 3.52. The molecule has 0 aliphatic carbocycles. The van der Waals surface area contributed by atoms with Gasteiger partial charge in [-0.15, -0.1) is 11.3 Å². The first-order valence-corrected chi connectivity index (χ1v) is 6.43. The Morgan fingerprint density at radius 2 is 2.21 bits per heavy atom. The Morgan fingerprint density at radius 3 is 2.79 bits per heavy atom. The van der Waals surface area contributed by atoms with E-state index in [1.54, 1.807) is 11.3 Å². The molecule has 3 heteroatoms. The van der Waals surface area contributed by atoms with Crippen LogP contribution in [0.1, 0.15) is 28.3 Å². The first-order chi connectivity index (χ1) is 6.81. The average molecular weight is 223 g/mol. The van der Waals surface area contributed by atoms with Gasteiger partial charge in [-0.1, -0.05) is 6.92 Å². The second kappa shape index (κ2) is 4.26. The summed E-state index contributed by atoms with van der Waals surface area (Å²) in [6.07, 6.45) is 1.10. The van der Waals surface area contributed by atoms with Crippen molar-refractivity contribution in [1.82, 2.24) is 0 Å². The van der Waals surface area contributed by atoms with Crippen molar-refractivity contribution in [2.75, 3.05) is 0 Å². The summed E-state index contributed by atoms with van der Waals surface area (Å²) in [4.78, 5) is 2.67. The smallest absolute Gasteiger partial charge is 0.0654 e. The number of hydrogen-bond donors (Lipinski definition) is 1.